The number of hydrogen-bond donors (Lipinski definition) is 0. The molecule has 0 atom stereocenters. The van der Waals surface area contributed by atoms with Crippen molar-refractivity contribution in [2.75, 3.05) is 0 Å². The van der Waals surface area contributed by atoms with Gasteiger partial charge >= 0.3 is 0 Å². The predicted octanol–water partition coefficient (Wildman–Crippen LogP) is 5.80. The van der Waals surface area contributed by atoms with Gasteiger partial charge in [-0.1, -0.05) is 72.8 Å². The summed E-state index contributed by atoms with van der Waals surface area (Å²) in [6.45, 7) is 3.98. The molecule has 0 saturated carbocycles. The van der Waals surface area contributed by atoms with Crippen molar-refractivity contribution in [3.63, 3.8) is 0 Å². The fourth-order valence-corrected chi connectivity index (χ4v) is 5.98. The van der Waals surface area contributed by atoms with Crippen LogP contribution in [0.1, 0.15) is 16.7 Å². The lowest BCUT2D eigenvalue weighted by Gasteiger charge is -2.18. The number of rotatable bonds is 4. The summed E-state index contributed by atoms with van der Waals surface area (Å²) in [5.74, 6) is 0. The Morgan fingerprint density at radius 3 is 1.82 bits per heavy atom. The van der Waals surface area contributed by atoms with Crippen molar-refractivity contribution in [2.45, 2.75) is 13.8 Å². The molecule has 4 aromatic rings. The van der Waals surface area contributed by atoms with Crippen LogP contribution >= 0.6 is 7.29 Å². The van der Waals surface area contributed by atoms with E-state index in [1.54, 1.807) is 6.21 Å². The van der Waals surface area contributed by atoms with E-state index in [1.165, 1.54) is 5.39 Å². The molecule has 0 bridgehead atoms. The van der Waals surface area contributed by atoms with E-state index >= 15 is 0 Å². The summed E-state index contributed by atoms with van der Waals surface area (Å²) in [6, 6.07) is 30.0. The van der Waals surface area contributed by atoms with E-state index in [9.17, 15) is 4.57 Å². The van der Waals surface area contributed by atoms with Gasteiger partial charge in [-0.2, -0.15) is 0 Å². The zero-order valence-electron chi connectivity index (χ0n) is 16.0. The highest BCUT2D eigenvalue weighted by atomic mass is 31.2. The van der Waals surface area contributed by atoms with Crippen LogP contribution in [0.5, 0.6) is 0 Å². The van der Waals surface area contributed by atoms with Crippen LogP contribution in [-0.2, 0) is 4.57 Å². The predicted molar refractivity (Wildman–Crippen MR) is 121 cm³/mol. The summed E-state index contributed by atoms with van der Waals surface area (Å²) in [4.78, 5) is 0. The van der Waals surface area contributed by atoms with E-state index in [0.717, 1.165) is 32.7 Å². The van der Waals surface area contributed by atoms with Crippen LogP contribution in [0, 0.1) is 13.8 Å². The lowest BCUT2D eigenvalue weighted by Crippen LogP contribution is -2.19. The van der Waals surface area contributed by atoms with E-state index in [0.29, 0.717) is 0 Å². The van der Waals surface area contributed by atoms with Gasteiger partial charge in [0.2, 0.25) is 7.29 Å². The van der Waals surface area contributed by atoms with Gasteiger partial charge in [-0.05, 0) is 59.5 Å². The third-order valence-electron chi connectivity index (χ3n) is 5.03. The third kappa shape index (κ3) is 3.44. The van der Waals surface area contributed by atoms with Crippen LogP contribution in [-0.4, -0.2) is 6.21 Å². The minimum absolute atomic E-state index is 0.793. The van der Waals surface area contributed by atoms with Gasteiger partial charge in [0.1, 0.15) is 0 Å². The fourth-order valence-electron chi connectivity index (χ4n) is 3.50. The zero-order chi connectivity index (χ0) is 19.6. The first-order chi connectivity index (χ1) is 13.6. The molecule has 0 aliphatic carbocycles. The van der Waals surface area contributed by atoms with Gasteiger partial charge < -0.3 is 0 Å². The van der Waals surface area contributed by atoms with Gasteiger partial charge in [0.15, 0.2) is 0 Å². The summed E-state index contributed by atoms with van der Waals surface area (Å²) in [5, 5.41) is 3.91. The maximum atomic E-state index is 14.3. The number of aryl methyl sites for hydroxylation is 2. The smallest absolute Gasteiger partial charge is 0.247 e. The van der Waals surface area contributed by atoms with Gasteiger partial charge in [-0.3, -0.25) is 4.57 Å². The quantitative estimate of drug-likeness (QED) is 0.323. The molecule has 0 aliphatic rings. The maximum absolute atomic E-state index is 14.3. The van der Waals surface area contributed by atoms with Crippen molar-refractivity contribution in [2.24, 2.45) is 4.76 Å². The van der Waals surface area contributed by atoms with Crippen molar-refractivity contribution in [1.29, 1.82) is 0 Å². The molecule has 0 spiro atoms. The standard InChI is InChI=1S/C25H22NOP/c1-19-9-3-7-13-24(19)28(27,25-14-8-4-10-20(25)2)26-18-21-15-16-22-11-5-6-12-23(22)17-21/h3-18H,1-2H3/b26-18+. The van der Waals surface area contributed by atoms with Crippen LogP contribution < -0.4 is 10.6 Å². The fraction of sp³-hybridized carbons (Fsp3) is 0.0800. The Hall–Kier alpha value is -2.96. The molecule has 0 aliphatic heterocycles. The van der Waals surface area contributed by atoms with E-state index in [1.807, 2.05) is 80.6 Å². The van der Waals surface area contributed by atoms with E-state index in [4.69, 9.17) is 4.76 Å². The highest BCUT2D eigenvalue weighted by Crippen LogP contribution is 2.46. The van der Waals surface area contributed by atoms with Crippen molar-refractivity contribution < 1.29 is 4.57 Å². The average Bonchev–Trinajstić information content (AvgIpc) is 2.72. The lowest BCUT2D eigenvalue weighted by atomic mass is 10.1. The first-order valence-electron chi connectivity index (χ1n) is 9.35. The lowest BCUT2D eigenvalue weighted by molar-refractivity contribution is 0.588. The van der Waals surface area contributed by atoms with Crippen LogP contribution in [0.15, 0.2) is 95.8 Å². The first-order valence-corrected chi connectivity index (χ1v) is 11.0. The number of benzene rings is 4. The van der Waals surface area contributed by atoms with E-state index < -0.39 is 7.29 Å². The Kier molecular flexibility index (Phi) is 4.98. The Morgan fingerprint density at radius 2 is 1.21 bits per heavy atom. The van der Waals surface area contributed by atoms with Crippen molar-refractivity contribution in [3.8, 4) is 0 Å². The number of nitrogens with zero attached hydrogens (tertiary/aromatic N) is 1. The Balaban J connectivity index is 1.86. The second-order valence-electron chi connectivity index (χ2n) is 7.00. The van der Waals surface area contributed by atoms with E-state index in [-0.39, 0.29) is 0 Å². The topological polar surface area (TPSA) is 29.4 Å². The molecule has 4 rings (SSSR count). The minimum atomic E-state index is -3.16. The molecule has 0 N–H and O–H groups in total. The minimum Gasteiger partial charge on any atom is -0.288 e. The summed E-state index contributed by atoms with van der Waals surface area (Å²) in [5.41, 5.74) is 2.93. The maximum Gasteiger partial charge on any atom is 0.247 e. The van der Waals surface area contributed by atoms with Gasteiger partial charge in [0.25, 0.3) is 0 Å². The SMILES string of the molecule is Cc1ccccc1P(=O)(/N=C/c1ccc2ccccc2c1)c1ccccc1C. The van der Waals surface area contributed by atoms with Crippen molar-refractivity contribution in [3.05, 3.63) is 108 Å². The van der Waals surface area contributed by atoms with Crippen molar-refractivity contribution >= 4 is 34.9 Å². The first kappa shape index (κ1) is 18.4. The van der Waals surface area contributed by atoms with Gasteiger partial charge in [0.05, 0.1) is 0 Å². The molecule has 0 radical (unpaired) electrons. The molecule has 0 saturated heterocycles. The molecule has 0 unspecified atom stereocenters. The molecule has 3 heteroatoms. The zero-order valence-corrected chi connectivity index (χ0v) is 16.9. The molecule has 0 amide bonds. The molecule has 0 heterocycles. The Bertz CT molecular complexity index is 1180. The van der Waals surface area contributed by atoms with Crippen LogP contribution in [0.4, 0.5) is 0 Å². The molecule has 138 valence electrons. The van der Waals surface area contributed by atoms with Gasteiger partial charge in [0, 0.05) is 16.8 Å². The average molecular weight is 383 g/mol. The summed E-state index contributed by atoms with van der Waals surface area (Å²) in [7, 11) is -3.16. The van der Waals surface area contributed by atoms with Gasteiger partial charge in [-0.15, -0.1) is 0 Å². The molecule has 2 nitrogen and oxygen atoms in total. The third-order valence-corrected chi connectivity index (χ3v) is 7.78. The monoisotopic (exact) mass is 383 g/mol. The molecule has 0 aromatic heterocycles. The molecule has 28 heavy (non-hydrogen) atoms. The molecular formula is C25H22NOP. The molecule has 4 aromatic carbocycles. The van der Waals surface area contributed by atoms with Crippen LogP contribution in [0.2, 0.25) is 0 Å². The normalized spacial score (nSPS) is 11.9. The highest BCUT2D eigenvalue weighted by Gasteiger charge is 2.29. The van der Waals surface area contributed by atoms with Crippen LogP contribution in [0.25, 0.3) is 10.8 Å². The Morgan fingerprint density at radius 1 is 0.679 bits per heavy atom. The van der Waals surface area contributed by atoms with Gasteiger partial charge in [-0.25, -0.2) is 4.76 Å². The number of fused-ring (bicyclic) bond motifs is 1. The highest BCUT2D eigenvalue weighted by molar-refractivity contribution is 7.77. The summed E-state index contributed by atoms with van der Waals surface area (Å²) >= 11 is 0. The Labute approximate surface area is 166 Å². The molecular weight excluding hydrogens is 361 g/mol. The molecule has 0 fully saturated rings. The second kappa shape index (κ2) is 7.58. The van der Waals surface area contributed by atoms with E-state index in [2.05, 4.69) is 24.3 Å². The summed E-state index contributed by atoms with van der Waals surface area (Å²) < 4.78 is 19.0. The summed E-state index contributed by atoms with van der Waals surface area (Å²) in [6.07, 6.45) is 1.76. The second-order valence-corrected chi connectivity index (χ2v) is 9.35. The van der Waals surface area contributed by atoms with Crippen LogP contribution in [0.3, 0.4) is 0 Å². The van der Waals surface area contributed by atoms with Crippen molar-refractivity contribution in [1.82, 2.24) is 0 Å². The number of hydrogen-bond acceptors (Lipinski definition) is 1. The largest absolute Gasteiger partial charge is 0.288 e.